The number of alkyl halides is 2. The van der Waals surface area contributed by atoms with Crippen LogP contribution >= 0.6 is 0 Å². The number of hydrogen-bond donors (Lipinski definition) is 2. The predicted octanol–water partition coefficient (Wildman–Crippen LogP) is 4.12. The smallest absolute Gasteiger partial charge is 0.263 e. The zero-order chi connectivity index (χ0) is 23.9. The van der Waals surface area contributed by atoms with Crippen LogP contribution in [0.25, 0.3) is 11.1 Å². The van der Waals surface area contributed by atoms with Crippen LogP contribution in [0, 0.1) is 17.5 Å². The maximum atomic E-state index is 14.8. The monoisotopic (exact) mass is 463 g/mol. The minimum Gasteiger partial charge on any atom is -0.377 e. The average Bonchev–Trinajstić information content (AvgIpc) is 2.83. The number of amides is 2. The summed E-state index contributed by atoms with van der Waals surface area (Å²) >= 11 is 0. The van der Waals surface area contributed by atoms with Crippen LogP contribution in [0.15, 0.2) is 48.7 Å². The quantitative estimate of drug-likeness (QED) is 0.571. The van der Waals surface area contributed by atoms with Crippen molar-refractivity contribution in [3.63, 3.8) is 0 Å². The second-order valence-electron chi connectivity index (χ2n) is 7.17. The summed E-state index contributed by atoms with van der Waals surface area (Å²) in [5, 5.41) is 12.9. The van der Waals surface area contributed by atoms with E-state index in [1.807, 2.05) is 0 Å². The van der Waals surface area contributed by atoms with Crippen LogP contribution in [0.3, 0.4) is 0 Å². The minimum absolute atomic E-state index is 0.130. The number of anilines is 2. The van der Waals surface area contributed by atoms with Gasteiger partial charge in [-0.05, 0) is 24.3 Å². The van der Waals surface area contributed by atoms with E-state index in [-0.39, 0.29) is 22.5 Å². The van der Waals surface area contributed by atoms with Gasteiger partial charge in [0.25, 0.3) is 12.3 Å². The summed E-state index contributed by atoms with van der Waals surface area (Å²) in [7, 11) is 0. The van der Waals surface area contributed by atoms with Crippen molar-refractivity contribution in [2.75, 3.05) is 16.8 Å². The summed E-state index contributed by atoms with van der Waals surface area (Å²) in [5.74, 6) is -5.09. The Balaban J connectivity index is 1.72. The number of fused-ring (bicyclic) bond motifs is 3. The van der Waals surface area contributed by atoms with Gasteiger partial charge < -0.3 is 10.4 Å². The number of halogens is 5. The summed E-state index contributed by atoms with van der Waals surface area (Å²) in [4.78, 5) is 29.8. The van der Waals surface area contributed by atoms with Gasteiger partial charge in [0, 0.05) is 28.4 Å². The maximum Gasteiger partial charge on any atom is 0.263 e. The Labute approximate surface area is 183 Å². The van der Waals surface area contributed by atoms with Gasteiger partial charge in [-0.2, -0.15) is 0 Å². The topological polar surface area (TPSA) is 82.5 Å². The number of carbonyl (C=O) groups excluding carboxylic acids is 2. The second kappa shape index (κ2) is 8.58. The highest BCUT2D eigenvalue weighted by molar-refractivity contribution is 6.08. The van der Waals surface area contributed by atoms with E-state index in [9.17, 15) is 36.6 Å². The Morgan fingerprint density at radius 3 is 2.45 bits per heavy atom. The third-order valence-corrected chi connectivity index (χ3v) is 4.99. The van der Waals surface area contributed by atoms with Crippen LogP contribution in [0.5, 0.6) is 0 Å². The summed E-state index contributed by atoms with van der Waals surface area (Å²) < 4.78 is 68.0. The van der Waals surface area contributed by atoms with Gasteiger partial charge in [0.05, 0.1) is 17.6 Å². The fourth-order valence-electron chi connectivity index (χ4n) is 3.51. The summed E-state index contributed by atoms with van der Waals surface area (Å²) in [6, 6.07) is 6.75. The van der Waals surface area contributed by atoms with Gasteiger partial charge in [-0.3, -0.25) is 19.5 Å². The lowest BCUT2D eigenvalue weighted by Gasteiger charge is -2.24. The first-order valence-corrected chi connectivity index (χ1v) is 9.48. The van der Waals surface area contributed by atoms with Crippen LogP contribution in [-0.2, 0) is 9.59 Å². The summed E-state index contributed by atoms with van der Waals surface area (Å²) in [5.41, 5.74) is -1.60. The number of benzene rings is 2. The molecule has 2 aromatic carbocycles. The van der Waals surface area contributed by atoms with Gasteiger partial charge in [-0.25, -0.2) is 22.0 Å². The van der Waals surface area contributed by atoms with E-state index < -0.39 is 59.6 Å². The number of nitrogens with one attached hydrogen (secondary N) is 1. The first-order chi connectivity index (χ1) is 15.7. The average molecular weight is 463 g/mol. The van der Waals surface area contributed by atoms with E-state index in [1.165, 1.54) is 12.1 Å². The van der Waals surface area contributed by atoms with Gasteiger partial charge in [-0.15, -0.1) is 0 Å². The van der Waals surface area contributed by atoms with Gasteiger partial charge >= 0.3 is 0 Å². The molecule has 11 heteroatoms. The number of nitrogens with zero attached hydrogens (tertiary/aromatic N) is 2. The van der Waals surface area contributed by atoms with Crippen molar-refractivity contribution in [1.82, 2.24) is 4.98 Å². The third-order valence-electron chi connectivity index (χ3n) is 4.99. The summed E-state index contributed by atoms with van der Waals surface area (Å²) in [6.07, 6.45) is -3.97. The molecule has 1 aromatic heterocycles. The normalized spacial score (nSPS) is 15.2. The lowest BCUT2D eigenvalue weighted by atomic mass is 10.00. The van der Waals surface area contributed by atoms with E-state index in [0.29, 0.717) is 11.0 Å². The highest BCUT2D eigenvalue weighted by Gasteiger charge is 2.37. The predicted molar refractivity (Wildman–Crippen MR) is 107 cm³/mol. The van der Waals surface area contributed by atoms with Crippen LogP contribution in [0.2, 0.25) is 0 Å². The first-order valence-electron chi connectivity index (χ1n) is 9.48. The Morgan fingerprint density at radius 1 is 1.09 bits per heavy atom. The van der Waals surface area contributed by atoms with E-state index in [0.717, 1.165) is 30.5 Å². The maximum absolute atomic E-state index is 14.8. The number of aliphatic hydroxyl groups excluding tert-OH is 1. The molecule has 170 valence electrons. The first kappa shape index (κ1) is 22.3. The lowest BCUT2D eigenvalue weighted by Crippen LogP contribution is -2.40. The molecule has 0 bridgehead atoms. The van der Waals surface area contributed by atoms with Gasteiger partial charge in [-0.1, -0.05) is 12.1 Å². The molecule has 6 nitrogen and oxygen atoms in total. The Kier molecular flexibility index (Phi) is 5.81. The van der Waals surface area contributed by atoms with Gasteiger partial charge in [0.1, 0.15) is 24.0 Å². The van der Waals surface area contributed by atoms with Crippen molar-refractivity contribution < 1.29 is 36.6 Å². The second-order valence-corrected chi connectivity index (χ2v) is 7.17. The van der Waals surface area contributed by atoms with Crippen molar-refractivity contribution in [3.05, 3.63) is 77.4 Å². The fraction of sp³-hybridized carbons (Fsp3) is 0.136. The van der Waals surface area contributed by atoms with E-state index in [1.54, 1.807) is 0 Å². The highest BCUT2D eigenvalue weighted by Crippen LogP contribution is 2.41. The molecule has 0 radical (unpaired) electrons. The van der Waals surface area contributed by atoms with E-state index in [2.05, 4.69) is 10.3 Å². The number of aliphatic hydroxyl groups is 1. The van der Waals surface area contributed by atoms with Gasteiger partial charge in [0.15, 0.2) is 6.10 Å². The van der Waals surface area contributed by atoms with Crippen LogP contribution in [-0.4, -0.2) is 28.4 Å². The molecule has 2 N–H and O–H groups in total. The number of aromatic nitrogens is 1. The van der Waals surface area contributed by atoms with Crippen LogP contribution < -0.4 is 10.2 Å². The molecule has 0 unspecified atom stereocenters. The molecular weight excluding hydrogens is 449 g/mol. The molecule has 3 aromatic rings. The molecular formula is C22H14F5N3O3. The molecule has 2 amide bonds. The standard InChI is InChI=1S/C22H14F5N3O3/c23-11-6-15(25)18-14-5-12(24)8-28-19(14)20(32)22(33)30(16(18)7-11)9-17(31)29-13-3-1-10(2-4-13)21(26)27/h1-8,20-21,32H,9H2,(H,29,31)/t20-/m0/s1. The molecule has 1 atom stereocenters. The molecule has 4 rings (SSSR count). The lowest BCUT2D eigenvalue weighted by molar-refractivity contribution is -0.128. The fourth-order valence-corrected chi connectivity index (χ4v) is 3.51. The van der Waals surface area contributed by atoms with Crippen molar-refractivity contribution in [2.24, 2.45) is 0 Å². The Hall–Kier alpha value is -3.86. The van der Waals surface area contributed by atoms with Crippen molar-refractivity contribution >= 4 is 23.2 Å². The Bertz CT molecular complexity index is 1250. The molecule has 33 heavy (non-hydrogen) atoms. The molecule has 2 heterocycles. The molecule has 0 fully saturated rings. The molecule has 1 aliphatic heterocycles. The molecule has 1 aliphatic rings. The third kappa shape index (κ3) is 4.27. The zero-order valence-electron chi connectivity index (χ0n) is 16.5. The molecule has 0 saturated heterocycles. The van der Waals surface area contributed by atoms with Crippen molar-refractivity contribution in [2.45, 2.75) is 12.5 Å². The highest BCUT2D eigenvalue weighted by atomic mass is 19.3. The number of carbonyl (C=O) groups is 2. The number of rotatable bonds is 4. The van der Waals surface area contributed by atoms with E-state index >= 15 is 0 Å². The zero-order valence-corrected chi connectivity index (χ0v) is 16.5. The van der Waals surface area contributed by atoms with Crippen molar-refractivity contribution in [1.29, 1.82) is 0 Å². The molecule has 0 saturated carbocycles. The number of pyridine rings is 1. The summed E-state index contributed by atoms with van der Waals surface area (Å²) in [6.45, 7) is -0.793. The van der Waals surface area contributed by atoms with Crippen molar-refractivity contribution in [3.8, 4) is 11.1 Å². The van der Waals surface area contributed by atoms with Crippen LogP contribution in [0.4, 0.5) is 33.3 Å². The SMILES string of the molecule is O=C(CN1C(=O)[C@@H](O)c2ncc(F)cc2-c2c(F)cc(F)cc21)Nc1ccc(C(F)F)cc1. The Morgan fingerprint density at radius 2 is 1.79 bits per heavy atom. The minimum atomic E-state index is -2.70. The molecule has 0 aliphatic carbocycles. The van der Waals surface area contributed by atoms with Crippen LogP contribution in [0.1, 0.15) is 23.8 Å². The molecule has 0 spiro atoms. The van der Waals surface area contributed by atoms with Gasteiger partial charge in [0.2, 0.25) is 5.91 Å². The largest absolute Gasteiger partial charge is 0.377 e. The number of hydrogen-bond acceptors (Lipinski definition) is 4. The van der Waals surface area contributed by atoms with E-state index in [4.69, 9.17) is 0 Å².